The first-order valence-electron chi connectivity index (χ1n) is 5.47. The van der Waals surface area contributed by atoms with E-state index in [9.17, 15) is 12.8 Å². The van der Waals surface area contributed by atoms with Crippen molar-refractivity contribution in [2.24, 2.45) is 11.1 Å². The summed E-state index contributed by atoms with van der Waals surface area (Å²) in [6.45, 7) is 5.60. The second kappa shape index (κ2) is 5.15. The van der Waals surface area contributed by atoms with Crippen LogP contribution in [0.4, 0.5) is 4.39 Å². The molecule has 1 rings (SSSR count). The van der Waals surface area contributed by atoms with Gasteiger partial charge in [0.15, 0.2) is 9.84 Å². The lowest BCUT2D eigenvalue weighted by Crippen LogP contribution is -2.41. The van der Waals surface area contributed by atoms with Crippen molar-refractivity contribution >= 4 is 21.4 Å². The van der Waals surface area contributed by atoms with Crippen LogP contribution < -0.4 is 5.73 Å². The van der Waals surface area contributed by atoms with Gasteiger partial charge in [-0.25, -0.2) is 12.8 Å². The lowest BCUT2D eigenvalue weighted by molar-refractivity contribution is 0.340. The number of rotatable bonds is 3. The Labute approximate surface area is 112 Å². The molecule has 1 unspecified atom stereocenters. The van der Waals surface area contributed by atoms with Crippen LogP contribution in [0.2, 0.25) is 5.02 Å². The molecule has 1 aromatic carbocycles. The highest BCUT2D eigenvalue weighted by atomic mass is 35.5. The zero-order valence-corrected chi connectivity index (χ0v) is 12.1. The normalized spacial score (nSPS) is 14.6. The highest BCUT2D eigenvalue weighted by Crippen LogP contribution is 2.24. The second-order valence-corrected chi connectivity index (χ2v) is 7.77. The summed E-state index contributed by atoms with van der Waals surface area (Å²) in [6.07, 6.45) is 0. The third-order valence-electron chi connectivity index (χ3n) is 2.76. The van der Waals surface area contributed by atoms with Gasteiger partial charge in [0.25, 0.3) is 0 Å². The van der Waals surface area contributed by atoms with Gasteiger partial charge in [-0.05, 0) is 23.6 Å². The van der Waals surface area contributed by atoms with Crippen LogP contribution in [-0.4, -0.2) is 20.2 Å². The molecule has 0 aromatic heterocycles. The van der Waals surface area contributed by atoms with Gasteiger partial charge >= 0.3 is 0 Å². The van der Waals surface area contributed by atoms with E-state index in [0.29, 0.717) is 0 Å². The quantitative estimate of drug-likeness (QED) is 0.872. The summed E-state index contributed by atoms with van der Waals surface area (Å²) in [5.74, 6) is -0.839. The van der Waals surface area contributed by atoms with E-state index in [0.717, 1.165) is 12.1 Å². The van der Waals surface area contributed by atoms with Crippen LogP contribution in [0.15, 0.2) is 23.1 Å². The number of sulfone groups is 1. The van der Waals surface area contributed by atoms with Crippen LogP contribution in [0.5, 0.6) is 0 Å². The maximum atomic E-state index is 13.0. The van der Waals surface area contributed by atoms with Crippen LogP contribution in [-0.2, 0) is 9.84 Å². The lowest BCUT2D eigenvalue weighted by atomic mass is 9.89. The highest BCUT2D eigenvalue weighted by molar-refractivity contribution is 7.91. The molecular formula is C12H17ClFNO2S. The van der Waals surface area contributed by atoms with Gasteiger partial charge in [0.05, 0.1) is 15.7 Å². The summed E-state index contributed by atoms with van der Waals surface area (Å²) < 4.78 is 37.2. The molecule has 0 amide bonds. The Morgan fingerprint density at radius 1 is 1.39 bits per heavy atom. The summed E-state index contributed by atoms with van der Waals surface area (Å²) >= 11 is 5.58. The van der Waals surface area contributed by atoms with E-state index >= 15 is 0 Å². The van der Waals surface area contributed by atoms with Crippen LogP contribution >= 0.6 is 11.6 Å². The zero-order valence-electron chi connectivity index (χ0n) is 10.6. The van der Waals surface area contributed by atoms with Gasteiger partial charge in [0.1, 0.15) is 5.82 Å². The molecule has 0 heterocycles. The minimum Gasteiger partial charge on any atom is -0.326 e. The van der Waals surface area contributed by atoms with Crippen molar-refractivity contribution in [2.75, 3.05) is 5.75 Å². The molecule has 0 saturated carbocycles. The van der Waals surface area contributed by atoms with E-state index in [-0.39, 0.29) is 21.1 Å². The van der Waals surface area contributed by atoms with Crippen molar-refractivity contribution in [1.29, 1.82) is 0 Å². The molecule has 0 aliphatic carbocycles. The molecule has 2 N–H and O–H groups in total. The fourth-order valence-electron chi connectivity index (χ4n) is 1.25. The summed E-state index contributed by atoms with van der Waals surface area (Å²) in [6, 6.07) is 2.84. The van der Waals surface area contributed by atoms with Gasteiger partial charge in [-0.2, -0.15) is 0 Å². The van der Waals surface area contributed by atoms with Crippen LogP contribution in [0.3, 0.4) is 0 Å². The molecule has 0 spiro atoms. The minimum atomic E-state index is -3.56. The Balaban J connectivity index is 3.04. The molecule has 6 heteroatoms. The van der Waals surface area contributed by atoms with Crippen molar-refractivity contribution in [3.8, 4) is 0 Å². The smallest absolute Gasteiger partial charge is 0.179 e. The summed E-state index contributed by atoms with van der Waals surface area (Å²) in [4.78, 5) is -0.00593. The number of nitrogens with two attached hydrogens (primary N) is 1. The van der Waals surface area contributed by atoms with Gasteiger partial charge in [-0.1, -0.05) is 32.4 Å². The van der Waals surface area contributed by atoms with E-state index in [1.807, 2.05) is 20.8 Å². The van der Waals surface area contributed by atoms with E-state index in [1.165, 1.54) is 6.07 Å². The second-order valence-electron chi connectivity index (χ2n) is 5.33. The van der Waals surface area contributed by atoms with Crippen molar-refractivity contribution in [3.63, 3.8) is 0 Å². The number of halogens is 2. The van der Waals surface area contributed by atoms with Crippen LogP contribution in [0, 0.1) is 11.2 Å². The lowest BCUT2D eigenvalue weighted by Gasteiger charge is -2.26. The number of hydrogen-bond acceptors (Lipinski definition) is 3. The molecule has 3 nitrogen and oxygen atoms in total. The van der Waals surface area contributed by atoms with Crippen LogP contribution in [0.25, 0.3) is 0 Å². The molecule has 18 heavy (non-hydrogen) atoms. The summed E-state index contributed by atoms with van der Waals surface area (Å²) in [7, 11) is -3.56. The van der Waals surface area contributed by atoms with Crippen molar-refractivity contribution in [1.82, 2.24) is 0 Å². The van der Waals surface area contributed by atoms with E-state index in [2.05, 4.69) is 0 Å². The molecule has 0 saturated heterocycles. The summed E-state index contributed by atoms with van der Waals surface area (Å²) in [5.41, 5.74) is 5.53. The van der Waals surface area contributed by atoms with Gasteiger partial charge in [0, 0.05) is 6.04 Å². The van der Waals surface area contributed by atoms with Crippen LogP contribution in [0.1, 0.15) is 20.8 Å². The monoisotopic (exact) mass is 293 g/mol. The Morgan fingerprint density at radius 3 is 2.39 bits per heavy atom. The zero-order chi connectivity index (χ0) is 14.1. The molecule has 1 aromatic rings. The van der Waals surface area contributed by atoms with Gasteiger partial charge in [-0.15, -0.1) is 0 Å². The van der Waals surface area contributed by atoms with Gasteiger partial charge in [-0.3, -0.25) is 0 Å². The van der Waals surface area contributed by atoms with Gasteiger partial charge in [0.2, 0.25) is 0 Å². The Morgan fingerprint density at radius 2 is 1.94 bits per heavy atom. The molecule has 0 radical (unpaired) electrons. The predicted molar refractivity (Wildman–Crippen MR) is 70.9 cm³/mol. The van der Waals surface area contributed by atoms with E-state index < -0.39 is 21.7 Å². The van der Waals surface area contributed by atoms with Crippen molar-refractivity contribution < 1.29 is 12.8 Å². The number of benzene rings is 1. The minimum absolute atomic E-state index is 0.00593. The third-order valence-corrected chi connectivity index (χ3v) is 4.82. The standard InChI is InChI=1S/C12H17ClFNO2S/c1-12(2,3)11(15)7-18(16,17)8-4-5-10(14)9(13)6-8/h4-6,11H,7,15H2,1-3H3. The Bertz CT molecular complexity index is 537. The highest BCUT2D eigenvalue weighted by Gasteiger charge is 2.27. The molecule has 0 fully saturated rings. The molecule has 0 bridgehead atoms. The topological polar surface area (TPSA) is 60.2 Å². The maximum Gasteiger partial charge on any atom is 0.179 e. The maximum absolute atomic E-state index is 13.0. The fraction of sp³-hybridized carbons (Fsp3) is 0.500. The average molecular weight is 294 g/mol. The Kier molecular flexibility index (Phi) is 4.41. The first-order valence-corrected chi connectivity index (χ1v) is 7.50. The van der Waals surface area contributed by atoms with Crippen molar-refractivity contribution in [3.05, 3.63) is 29.0 Å². The Hall–Kier alpha value is -0.650. The first kappa shape index (κ1) is 15.4. The molecule has 0 aliphatic rings. The largest absolute Gasteiger partial charge is 0.326 e. The molecular weight excluding hydrogens is 277 g/mol. The average Bonchev–Trinajstić information content (AvgIpc) is 2.19. The predicted octanol–water partition coefficient (Wildman–Crippen LogP) is 2.63. The van der Waals surface area contributed by atoms with E-state index in [4.69, 9.17) is 17.3 Å². The number of hydrogen-bond donors (Lipinski definition) is 1. The summed E-state index contributed by atoms with van der Waals surface area (Å²) in [5, 5.41) is -0.208. The molecule has 1 atom stereocenters. The molecule has 102 valence electrons. The fourth-order valence-corrected chi connectivity index (χ4v) is 3.24. The van der Waals surface area contributed by atoms with Gasteiger partial charge < -0.3 is 5.73 Å². The van der Waals surface area contributed by atoms with E-state index in [1.54, 1.807) is 0 Å². The molecule has 0 aliphatic heterocycles. The third kappa shape index (κ3) is 3.67. The first-order chi connectivity index (χ1) is 8.04. The van der Waals surface area contributed by atoms with Crippen molar-refractivity contribution in [2.45, 2.75) is 31.7 Å². The SMILES string of the molecule is CC(C)(C)C(N)CS(=O)(=O)c1ccc(F)c(Cl)c1.